The van der Waals surface area contributed by atoms with Gasteiger partial charge in [-0.1, -0.05) is 32.4 Å². The van der Waals surface area contributed by atoms with E-state index >= 15 is 0 Å². The lowest BCUT2D eigenvalue weighted by molar-refractivity contribution is -0.139. The topological polar surface area (TPSA) is 378 Å². The van der Waals surface area contributed by atoms with E-state index in [2.05, 4.69) is 67.1 Å². The number of hydrogen-bond acceptors (Lipinski definition) is 17. The van der Waals surface area contributed by atoms with E-state index in [1.165, 1.54) is 37.3 Å². The van der Waals surface area contributed by atoms with Gasteiger partial charge in [0.25, 0.3) is 23.6 Å². The SMILES string of the molecule is CC(C)[C@H](NC(=O)CCCCCN1C(=O)C=CC1=O)C(=O)N[C@@H](C)C(=O)Nc1ccc(C(=O)NCCC[C@H](NC(=O)c2ccc(CCc3cnc4nc(N)nc(N)c4n3)cc2)C(=O)O)c(-c2nn[nH]n2)c1. The number of benzene rings is 2. The van der Waals surface area contributed by atoms with Crippen LogP contribution in [0.5, 0.6) is 0 Å². The Hall–Kier alpha value is -8.77. The molecule has 1 aliphatic heterocycles. The number of nitrogens with one attached hydrogen (secondary N) is 6. The molecule has 4 heterocycles. The number of carboxylic acids is 1. The van der Waals surface area contributed by atoms with Crippen molar-refractivity contribution in [1.82, 2.24) is 66.7 Å². The average Bonchev–Trinajstić information content (AvgIpc) is 4.00. The summed E-state index contributed by atoms with van der Waals surface area (Å²) in [6.07, 6.45) is 6.93. The number of aliphatic carboxylic acids is 1. The third kappa shape index (κ3) is 14.1. The van der Waals surface area contributed by atoms with E-state index in [-0.39, 0.29) is 102 Å². The predicted molar refractivity (Wildman–Crippen MR) is 255 cm³/mol. The number of fused-ring (bicyclic) bond motifs is 1. The first-order chi connectivity index (χ1) is 34.0. The van der Waals surface area contributed by atoms with Gasteiger partial charge in [0.1, 0.15) is 18.1 Å². The van der Waals surface area contributed by atoms with Gasteiger partial charge in [-0.3, -0.25) is 38.5 Å². The summed E-state index contributed by atoms with van der Waals surface area (Å²) in [4.78, 5) is 119. The van der Waals surface area contributed by atoms with E-state index in [0.29, 0.717) is 43.3 Å². The molecule has 3 aromatic heterocycles. The molecule has 0 radical (unpaired) electrons. The molecule has 1 aliphatic rings. The summed E-state index contributed by atoms with van der Waals surface area (Å²) >= 11 is 0. The molecule has 0 fully saturated rings. The lowest BCUT2D eigenvalue weighted by Crippen LogP contribution is -2.53. The molecule has 71 heavy (non-hydrogen) atoms. The Morgan fingerprint density at radius 3 is 2.25 bits per heavy atom. The Balaban J connectivity index is 0.952. The standard InChI is InChI=1S/C46H54N16O9/c1-24(2)36(55-33(63)9-5-4-6-21-62-34(64)18-19-35(62)65)44(69)51-25(3)41(66)53-28-16-17-30(31(22-28)39-58-60-61-59-39)43(68)49-20-7-8-32(45(70)71)54-42(67)27-13-10-26(11-14-27)12-15-29-23-50-40-37(52-29)38(47)56-46(48)57-40/h10-11,13-14,16-19,22-25,32,36H,4-9,12,15,20-21H2,1-3H3,(H,49,68)(H,51,69)(H,53,66)(H,54,67)(H,55,63)(H,70,71)(H,58,59,60,61)(H4,47,48,50,56,57)/t25-,32-,36-/m0/s1. The number of aryl methyl sites for hydroxylation is 2. The minimum Gasteiger partial charge on any atom is -0.480 e. The van der Waals surface area contributed by atoms with Crippen molar-refractivity contribution in [1.29, 1.82) is 0 Å². The molecule has 3 atom stereocenters. The van der Waals surface area contributed by atoms with Gasteiger partial charge in [-0.25, -0.2) is 14.8 Å². The van der Waals surface area contributed by atoms with Gasteiger partial charge >= 0.3 is 5.97 Å². The first kappa shape index (κ1) is 51.6. The maximum absolute atomic E-state index is 13.5. The molecule has 0 spiro atoms. The van der Waals surface area contributed by atoms with Crippen LogP contribution in [-0.4, -0.2) is 129 Å². The van der Waals surface area contributed by atoms with Crippen molar-refractivity contribution in [2.24, 2.45) is 5.92 Å². The summed E-state index contributed by atoms with van der Waals surface area (Å²) in [6, 6.07) is 7.77. The van der Waals surface area contributed by atoms with Crippen molar-refractivity contribution in [2.75, 3.05) is 29.9 Å². The van der Waals surface area contributed by atoms with Crippen molar-refractivity contribution >= 4 is 75.9 Å². The van der Waals surface area contributed by atoms with Crippen LogP contribution in [0.1, 0.15) is 91.3 Å². The van der Waals surface area contributed by atoms with Gasteiger partial charge in [0.15, 0.2) is 17.0 Å². The maximum atomic E-state index is 13.5. The van der Waals surface area contributed by atoms with Gasteiger partial charge < -0.3 is 43.2 Å². The summed E-state index contributed by atoms with van der Waals surface area (Å²) in [7, 11) is 0. The van der Waals surface area contributed by atoms with Crippen LogP contribution in [0, 0.1) is 5.92 Å². The van der Waals surface area contributed by atoms with Crippen LogP contribution in [0.4, 0.5) is 17.5 Å². The van der Waals surface area contributed by atoms with Gasteiger partial charge in [0.2, 0.25) is 29.5 Å². The van der Waals surface area contributed by atoms with Crippen LogP contribution in [0.3, 0.4) is 0 Å². The van der Waals surface area contributed by atoms with Crippen molar-refractivity contribution in [3.05, 3.63) is 83.2 Å². The Labute approximate surface area is 405 Å². The minimum atomic E-state index is -1.26. The normalized spacial score (nSPS) is 13.4. The largest absolute Gasteiger partial charge is 0.480 e. The molecule has 0 bridgehead atoms. The number of carbonyl (C=O) groups is 8. The first-order valence-electron chi connectivity index (χ1n) is 22.7. The van der Waals surface area contributed by atoms with Crippen LogP contribution in [-0.2, 0) is 41.6 Å². The van der Waals surface area contributed by atoms with E-state index in [9.17, 15) is 43.5 Å². The van der Waals surface area contributed by atoms with Crippen LogP contribution >= 0.6 is 0 Å². The summed E-state index contributed by atoms with van der Waals surface area (Å²) in [6.45, 7) is 5.25. The van der Waals surface area contributed by atoms with Crippen LogP contribution in [0.15, 0.2) is 60.8 Å². The fourth-order valence-corrected chi connectivity index (χ4v) is 7.37. The highest BCUT2D eigenvalue weighted by Gasteiger charge is 2.28. The van der Waals surface area contributed by atoms with Crippen molar-refractivity contribution < 1.29 is 43.5 Å². The fourth-order valence-electron chi connectivity index (χ4n) is 7.37. The molecule has 0 saturated carbocycles. The van der Waals surface area contributed by atoms with Gasteiger partial charge in [0.05, 0.1) is 17.5 Å². The molecule has 25 heteroatoms. The number of nitrogens with two attached hydrogens (primary N) is 2. The zero-order valence-electron chi connectivity index (χ0n) is 39.1. The number of carboxylic acid groups (broad SMARTS) is 1. The Bertz CT molecular complexity index is 2800. The van der Waals surface area contributed by atoms with Crippen molar-refractivity contribution in [3.8, 4) is 11.4 Å². The average molecular weight is 975 g/mol. The number of tetrazole rings is 1. The molecule has 11 N–H and O–H groups in total. The molecule has 5 aromatic rings. The highest BCUT2D eigenvalue weighted by atomic mass is 16.4. The highest BCUT2D eigenvalue weighted by Crippen LogP contribution is 2.25. The highest BCUT2D eigenvalue weighted by molar-refractivity contribution is 6.12. The number of nitrogen functional groups attached to an aromatic ring is 2. The number of carbonyl (C=O) groups excluding carboxylic acids is 7. The van der Waals surface area contributed by atoms with Crippen LogP contribution in [0.25, 0.3) is 22.6 Å². The molecule has 0 saturated heterocycles. The third-order valence-electron chi connectivity index (χ3n) is 11.3. The number of unbranched alkanes of at least 4 members (excludes halogenated alkanes) is 2. The Morgan fingerprint density at radius 2 is 1.56 bits per heavy atom. The number of aromatic amines is 1. The zero-order chi connectivity index (χ0) is 51.2. The van der Waals surface area contributed by atoms with E-state index in [1.54, 1.807) is 44.3 Å². The van der Waals surface area contributed by atoms with E-state index < -0.39 is 47.7 Å². The molecule has 25 nitrogen and oxygen atoms in total. The third-order valence-corrected chi connectivity index (χ3v) is 11.3. The quantitative estimate of drug-likeness (QED) is 0.0308. The minimum absolute atomic E-state index is 0.000593. The number of imide groups is 1. The molecule has 0 aliphatic carbocycles. The van der Waals surface area contributed by atoms with Gasteiger partial charge in [-0.2, -0.15) is 15.2 Å². The number of anilines is 3. The number of H-pyrrole nitrogens is 1. The van der Waals surface area contributed by atoms with Gasteiger partial charge in [0, 0.05) is 48.5 Å². The molecule has 6 rings (SSSR count). The number of nitrogens with zero attached hydrogens (tertiary/aromatic N) is 8. The van der Waals surface area contributed by atoms with Crippen molar-refractivity contribution in [3.63, 3.8) is 0 Å². The molecule has 2 aromatic carbocycles. The van der Waals surface area contributed by atoms with Gasteiger partial charge in [-0.05, 0) is 92.5 Å². The second-order valence-corrected chi connectivity index (χ2v) is 16.9. The number of rotatable bonds is 24. The fraction of sp³-hybridized carbons (Fsp3) is 0.370. The summed E-state index contributed by atoms with van der Waals surface area (Å²) in [5.74, 6) is -4.84. The molecule has 7 amide bonds. The van der Waals surface area contributed by atoms with E-state index in [1.807, 2.05) is 0 Å². The van der Waals surface area contributed by atoms with Crippen molar-refractivity contribution in [2.45, 2.75) is 90.3 Å². The lowest BCUT2D eigenvalue weighted by atomic mass is 10.0. The number of hydrogen-bond donors (Lipinski definition) is 9. The van der Waals surface area contributed by atoms with E-state index in [4.69, 9.17) is 11.5 Å². The molecule has 372 valence electrons. The first-order valence-corrected chi connectivity index (χ1v) is 22.7. The predicted octanol–water partition coefficient (Wildman–Crippen LogP) is 1.01. The molecular formula is C46H54N16O9. The van der Waals surface area contributed by atoms with Crippen LogP contribution < -0.4 is 38.1 Å². The summed E-state index contributed by atoms with van der Waals surface area (Å²) in [5, 5.41) is 37.1. The van der Waals surface area contributed by atoms with Crippen LogP contribution in [0.2, 0.25) is 0 Å². The number of amides is 7. The monoisotopic (exact) mass is 974 g/mol. The van der Waals surface area contributed by atoms with Gasteiger partial charge in [-0.15, -0.1) is 10.2 Å². The number of aromatic nitrogens is 8. The Kier molecular flexibility index (Phi) is 17.4. The smallest absolute Gasteiger partial charge is 0.326 e. The summed E-state index contributed by atoms with van der Waals surface area (Å²) < 4.78 is 0. The second-order valence-electron chi connectivity index (χ2n) is 16.9. The molecule has 0 unspecified atom stereocenters. The maximum Gasteiger partial charge on any atom is 0.326 e. The summed E-state index contributed by atoms with van der Waals surface area (Å²) in [5.41, 5.74) is 14.5. The Morgan fingerprint density at radius 1 is 0.817 bits per heavy atom. The van der Waals surface area contributed by atoms with E-state index in [0.717, 1.165) is 10.5 Å². The second kappa shape index (κ2) is 24.0. The lowest BCUT2D eigenvalue weighted by Gasteiger charge is -2.24. The zero-order valence-corrected chi connectivity index (χ0v) is 39.1. The molecular weight excluding hydrogens is 921 g/mol.